The standard InChI is InChI=1S/C18H28O3/c1-11(2)18(20)21-16-10-12-6-3-4-7-13(12)17-14(16)8-5-9-15(17)19/h12-17,19H,1,3-10H2,2H3/t12?,13?,14?,15?,16-,17?/m1/s1. The topological polar surface area (TPSA) is 46.5 Å². The lowest BCUT2D eigenvalue weighted by atomic mass is 9.56. The summed E-state index contributed by atoms with van der Waals surface area (Å²) in [5.41, 5.74) is 0.480. The molecule has 3 fully saturated rings. The highest BCUT2D eigenvalue weighted by atomic mass is 16.5. The Balaban J connectivity index is 1.80. The fourth-order valence-electron chi connectivity index (χ4n) is 5.15. The van der Waals surface area contributed by atoms with E-state index < -0.39 is 0 Å². The Morgan fingerprint density at radius 1 is 1.10 bits per heavy atom. The van der Waals surface area contributed by atoms with Gasteiger partial charge in [-0.15, -0.1) is 0 Å². The average molecular weight is 292 g/mol. The Morgan fingerprint density at radius 2 is 1.81 bits per heavy atom. The molecule has 0 aromatic carbocycles. The predicted octanol–water partition coefficient (Wildman–Crippen LogP) is 3.46. The summed E-state index contributed by atoms with van der Waals surface area (Å²) in [4.78, 5) is 11.9. The fraction of sp³-hybridized carbons (Fsp3) is 0.833. The summed E-state index contributed by atoms with van der Waals surface area (Å²) in [6.07, 6.45) is 8.95. The summed E-state index contributed by atoms with van der Waals surface area (Å²) in [5.74, 6) is 1.74. The molecule has 5 unspecified atom stereocenters. The third-order valence-corrected chi connectivity index (χ3v) is 6.06. The monoisotopic (exact) mass is 292 g/mol. The van der Waals surface area contributed by atoms with Crippen LogP contribution in [0.2, 0.25) is 0 Å². The van der Waals surface area contributed by atoms with Crippen LogP contribution in [0, 0.1) is 23.7 Å². The number of esters is 1. The van der Waals surface area contributed by atoms with Crippen molar-refractivity contribution in [2.45, 2.75) is 70.5 Å². The second-order valence-corrected chi connectivity index (χ2v) is 7.41. The molecule has 0 saturated heterocycles. The molecule has 3 nitrogen and oxygen atoms in total. The summed E-state index contributed by atoms with van der Waals surface area (Å²) >= 11 is 0. The number of aliphatic hydroxyl groups excluding tert-OH is 1. The van der Waals surface area contributed by atoms with Gasteiger partial charge in [0.15, 0.2) is 0 Å². The number of rotatable bonds is 2. The molecule has 6 atom stereocenters. The van der Waals surface area contributed by atoms with Gasteiger partial charge >= 0.3 is 5.97 Å². The highest BCUT2D eigenvalue weighted by Crippen LogP contribution is 2.52. The van der Waals surface area contributed by atoms with Gasteiger partial charge in [-0.25, -0.2) is 4.79 Å². The number of ether oxygens (including phenoxy) is 1. The van der Waals surface area contributed by atoms with E-state index >= 15 is 0 Å². The second-order valence-electron chi connectivity index (χ2n) is 7.41. The van der Waals surface area contributed by atoms with Crippen LogP contribution in [0.1, 0.15) is 58.3 Å². The zero-order valence-electron chi connectivity index (χ0n) is 13.1. The molecule has 118 valence electrons. The maximum Gasteiger partial charge on any atom is 0.333 e. The summed E-state index contributed by atoms with van der Waals surface area (Å²) in [6.45, 7) is 5.41. The fourth-order valence-corrected chi connectivity index (χ4v) is 5.15. The molecule has 0 aliphatic heterocycles. The van der Waals surface area contributed by atoms with E-state index in [0.29, 0.717) is 29.2 Å². The molecule has 21 heavy (non-hydrogen) atoms. The molecule has 0 amide bonds. The minimum absolute atomic E-state index is 0.00602. The summed E-state index contributed by atoms with van der Waals surface area (Å²) in [7, 11) is 0. The van der Waals surface area contributed by atoms with Crippen molar-refractivity contribution in [2.24, 2.45) is 23.7 Å². The van der Waals surface area contributed by atoms with Gasteiger partial charge in [0.2, 0.25) is 0 Å². The zero-order chi connectivity index (χ0) is 15.0. The number of hydrogen-bond acceptors (Lipinski definition) is 3. The van der Waals surface area contributed by atoms with Crippen LogP contribution in [-0.4, -0.2) is 23.3 Å². The van der Waals surface area contributed by atoms with Crippen molar-refractivity contribution in [3.63, 3.8) is 0 Å². The van der Waals surface area contributed by atoms with Crippen LogP contribution in [0.25, 0.3) is 0 Å². The van der Waals surface area contributed by atoms with Crippen molar-refractivity contribution in [2.75, 3.05) is 0 Å². The van der Waals surface area contributed by atoms with Gasteiger partial charge in [0.25, 0.3) is 0 Å². The molecule has 3 rings (SSSR count). The highest BCUT2D eigenvalue weighted by molar-refractivity contribution is 5.87. The van der Waals surface area contributed by atoms with E-state index in [9.17, 15) is 9.90 Å². The number of aliphatic hydroxyl groups is 1. The third kappa shape index (κ3) is 2.90. The number of hydrogen-bond donors (Lipinski definition) is 1. The van der Waals surface area contributed by atoms with Gasteiger partial charge in [-0.2, -0.15) is 0 Å². The van der Waals surface area contributed by atoms with Crippen molar-refractivity contribution in [1.82, 2.24) is 0 Å². The molecular weight excluding hydrogens is 264 g/mol. The quantitative estimate of drug-likeness (QED) is 0.626. The molecule has 0 bridgehead atoms. The zero-order valence-corrected chi connectivity index (χ0v) is 13.1. The van der Waals surface area contributed by atoms with Gasteiger partial charge in [0, 0.05) is 11.5 Å². The molecule has 3 saturated carbocycles. The van der Waals surface area contributed by atoms with Crippen molar-refractivity contribution in [1.29, 1.82) is 0 Å². The van der Waals surface area contributed by atoms with Crippen LogP contribution >= 0.6 is 0 Å². The van der Waals surface area contributed by atoms with Crippen LogP contribution in [0.5, 0.6) is 0 Å². The molecule has 3 aliphatic carbocycles. The Bertz CT molecular complexity index is 417. The maximum absolute atomic E-state index is 11.9. The lowest BCUT2D eigenvalue weighted by Crippen LogP contribution is -2.52. The number of fused-ring (bicyclic) bond motifs is 3. The Labute approximate surface area is 127 Å². The number of carbonyl (C=O) groups excluding carboxylic acids is 1. The van der Waals surface area contributed by atoms with Crippen molar-refractivity contribution < 1.29 is 14.6 Å². The maximum atomic E-state index is 11.9. The van der Waals surface area contributed by atoms with Gasteiger partial charge in [-0.05, 0) is 50.4 Å². The van der Waals surface area contributed by atoms with Crippen LogP contribution in [-0.2, 0) is 9.53 Å². The van der Waals surface area contributed by atoms with E-state index in [1.807, 2.05) is 0 Å². The van der Waals surface area contributed by atoms with E-state index in [-0.39, 0.29) is 18.2 Å². The van der Waals surface area contributed by atoms with Crippen LogP contribution in [0.4, 0.5) is 0 Å². The average Bonchev–Trinajstić information content (AvgIpc) is 2.47. The van der Waals surface area contributed by atoms with Gasteiger partial charge < -0.3 is 9.84 Å². The molecule has 3 heteroatoms. The first-order chi connectivity index (χ1) is 10.1. The van der Waals surface area contributed by atoms with Gasteiger partial charge in [0.05, 0.1) is 6.10 Å². The first kappa shape index (κ1) is 15.1. The lowest BCUT2D eigenvalue weighted by Gasteiger charge is -2.52. The normalized spacial score (nSPS) is 42.6. The Kier molecular flexibility index (Phi) is 4.39. The van der Waals surface area contributed by atoms with Crippen LogP contribution in [0.15, 0.2) is 12.2 Å². The largest absolute Gasteiger partial charge is 0.459 e. The van der Waals surface area contributed by atoms with E-state index in [2.05, 4.69) is 6.58 Å². The van der Waals surface area contributed by atoms with E-state index in [1.165, 1.54) is 25.7 Å². The summed E-state index contributed by atoms with van der Waals surface area (Å²) < 4.78 is 5.77. The number of carbonyl (C=O) groups is 1. The first-order valence-corrected chi connectivity index (χ1v) is 8.62. The molecule has 0 radical (unpaired) electrons. The first-order valence-electron chi connectivity index (χ1n) is 8.62. The third-order valence-electron chi connectivity index (χ3n) is 6.06. The smallest absolute Gasteiger partial charge is 0.333 e. The predicted molar refractivity (Wildman–Crippen MR) is 81.6 cm³/mol. The highest BCUT2D eigenvalue weighted by Gasteiger charge is 2.50. The summed E-state index contributed by atoms with van der Waals surface area (Å²) in [5, 5.41) is 10.5. The van der Waals surface area contributed by atoms with E-state index in [0.717, 1.165) is 25.7 Å². The van der Waals surface area contributed by atoms with Crippen molar-refractivity contribution >= 4 is 5.97 Å². The minimum Gasteiger partial charge on any atom is -0.459 e. The lowest BCUT2D eigenvalue weighted by molar-refractivity contribution is -0.165. The molecule has 1 N–H and O–H groups in total. The molecule has 3 aliphatic rings. The van der Waals surface area contributed by atoms with Crippen LogP contribution in [0.3, 0.4) is 0 Å². The second kappa shape index (κ2) is 6.12. The van der Waals surface area contributed by atoms with Crippen molar-refractivity contribution in [3.8, 4) is 0 Å². The molecular formula is C18H28O3. The molecule has 0 aromatic rings. The minimum atomic E-state index is -0.256. The van der Waals surface area contributed by atoms with Gasteiger partial charge in [0.1, 0.15) is 6.10 Å². The Morgan fingerprint density at radius 3 is 2.57 bits per heavy atom. The van der Waals surface area contributed by atoms with Gasteiger partial charge in [-0.3, -0.25) is 0 Å². The van der Waals surface area contributed by atoms with E-state index in [1.54, 1.807) is 6.92 Å². The van der Waals surface area contributed by atoms with E-state index in [4.69, 9.17) is 4.74 Å². The molecule has 0 spiro atoms. The molecule has 0 heterocycles. The SMILES string of the molecule is C=C(C)C(=O)O[C@@H]1CC2CCCCC2C2C(O)CCCC21. The molecule has 0 aromatic heterocycles. The van der Waals surface area contributed by atoms with Gasteiger partial charge in [-0.1, -0.05) is 32.3 Å². The Hall–Kier alpha value is -0.830. The van der Waals surface area contributed by atoms with Crippen molar-refractivity contribution in [3.05, 3.63) is 12.2 Å². The summed E-state index contributed by atoms with van der Waals surface area (Å²) in [6, 6.07) is 0. The van der Waals surface area contributed by atoms with Crippen LogP contribution < -0.4 is 0 Å².